The molecule has 0 radical (unpaired) electrons. The van der Waals surface area contributed by atoms with Crippen LogP contribution in [0.3, 0.4) is 0 Å². The Morgan fingerprint density at radius 2 is 1.76 bits per heavy atom. The molecular formula is C25H19ClINO4S2. The predicted octanol–water partition coefficient (Wildman–Crippen LogP) is 6.95. The maximum absolute atomic E-state index is 13.2. The predicted molar refractivity (Wildman–Crippen MR) is 150 cm³/mol. The number of amides is 1. The molecular weight excluding hydrogens is 605 g/mol. The zero-order valence-corrected chi connectivity index (χ0v) is 22.8. The van der Waals surface area contributed by atoms with Gasteiger partial charge < -0.3 is 14.2 Å². The molecule has 1 saturated heterocycles. The summed E-state index contributed by atoms with van der Waals surface area (Å²) in [4.78, 5) is 15.2. The number of benzene rings is 3. The van der Waals surface area contributed by atoms with Crippen molar-refractivity contribution in [2.75, 3.05) is 19.1 Å². The Hall–Kier alpha value is -2.27. The molecule has 0 N–H and O–H groups in total. The Kier molecular flexibility index (Phi) is 8.02. The average Bonchev–Trinajstić information content (AvgIpc) is 3.11. The highest BCUT2D eigenvalue weighted by molar-refractivity contribution is 14.1. The van der Waals surface area contributed by atoms with Crippen molar-refractivity contribution in [3.05, 3.63) is 85.3 Å². The third kappa shape index (κ3) is 5.35. The van der Waals surface area contributed by atoms with E-state index in [1.54, 1.807) is 20.3 Å². The summed E-state index contributed by atoms with van der Waals surface area (Å²) in [6, 6.07) is 18.6. The first-order valence-electron chi connectivity index (χ1n) is 10.1. The highest BCUT2D eigenvalue weighted by Gasteiger charge is 2.35. The largest absolute Gasteiger partial charge is 0.495 e. The van der Waals surface area contributed by atoms with Crippen molar-refractivity contribution in [2.45, 2.75) is 6.61 Å². The molecule has 0 saturated carbocycles. The van der Waals surface area contributed by atoms with Gasteiger partial charge in [-0.05, 0) is 76.2 Å². The van der Waals surface area contributed by atoms with Crippen LogP contribution in [0.5, 0.6) is 17.2 Å². The monoisotopic (exact) mass is 623 g/mol. The highest BCUT2D eigenvalue weighted by atomic mass is 127. The Bertz CT molecular complexity index is 1280. The van der Waals surface area contributed by atoms with Gasteiger partial charge >= 0.3 is 0 Å². The van der Waals surface area contributed by atoms with E-state index in [-0.39, 0.29) is 5.91 Å². The minimum atomic E-state index is -0.198. The summed E-state index contributed by atoms with van der Waals surface area (Å²) in [5, 5.41) is 0.677. The first-order valence-corrected chi connectivity index (χ1v) is 12.7. The number of thioether (sulfide) groups is 1. The lowest BCUT2D eigenvalue weighted by Crippen LogP contribution is -2.27. The number of hydrogen-bond donors (Lipinski definition) is 0. The van der Waals surface area contributed by atoms with Gasteiger partial charge in [0, 0.05) is 5.02 Å². The van der Waals surface area contributed by atoms with Gasteiger partial charge in [0.25, 0.3) is 5.91 Å². The lowest BCUT2D eigenvalue weighted by molar-refractivity contribution is -0.113. The maximum atomic E-state index is 13.2. The Balaban J connectivity index is 1.59. The van der Waals surface area contributed by atoms with Crippen molar-refractivity contribution in [3.8, 4) is 17.2 Å². The second-order valence-electron chi connectivity index (χ2n) is 7.14. The third-order valence-electron chi connectivity index (χ3n) is 4.97. The molecule has 0 aliphatic carbocycles. The van der Waals surface area contributed by atoms with Crippen LogP contribution in [0.2, 0.25) is 5.02 Å². The van der Waals surface area contributed by atoms with Crippen LogP contribution >= 0.6 is 58.2 Å². The second kappa shape index (κ2) is 11.0. The number of para-hydroxylation sites is 2. The summed E-state index contributed by atoms with van der Waals surface area (Å²) in [5.41, 5.74) is 2.42. The van der Waals surface area contributed by atoms with Gasteiger partial charge in [0.15, 0.2) is 15.8 Å². The van der Waals surface area contributed by atoms with E-state index < -0.39 is 0 Å². The molecule has 1 aliphatic rings. The van der Waals surface area contributed by atoms with Gasteiger partial charge in [-0.1, -0.05) is 59.8 Å². The number of hydrogen-bond acceptors (Lipinski definition) is 6. The molecule has 4 rings (SSSR count). The van der Waals surface area contributed by atoms with E-state index >= 15 is 0 Å². The van der Waals surface area contributed by atoms with Gasteiger partial charge in [-0.25, -0.2) is 0 Å². The zero-order chi connectivity index (χ0) is 24.2. The number of nitrogens with zero attached hydrogens (tertiary/aromatic N) is 1. The van der Waals surface area contributed by atoms with Gasteiger partial charge in [0.2, 0.25) is 0 Å². The van der Waals surface area contributed by atoms with Gasteiger partial charge in [-0.15, -0.1) is 0 Å². The van der Waals surface area contributed by atoms with E-state index in [9.17, 15) is 4.79 Å². The van der Waals surface area contributed by atoms with E-state index in [0.717, 1.165) is 14.7 Å². The van der Waals surface area contributed by atoms with Gasteiger partial charge in [-0.3, -0.25) is 9.69 Å². The summed E-state index contributed by atoms with van der Waals surface area (Å²) in [7, 11) is 3.16. The lowest BCUT2D eigenvalue weighted by atomic mass is 10.1. The number of ether oxygens (including phenoxy) is 3. The Labute approximate surface area is 226 Å². The molecule has 9 heteroatoms. The minimum absolute atomic E-state index is 0.198. The van der Waals surface area contributed by atoms with Crippen molar-refractivity contribution in [1.82, 2.24) is 0 Å². The van der Waals surface area contributed by atoms with E-state index in [1.165, 1.54) is 16.7 Å². The summed E-state index contributed by atoms with van der Waals surface area (Å²) in [6.45, 7) is 0.375. The van der Waals surface area contributed by atoms with Crippen LogP contribution in [-0.4, -0.2) is 24.4 Å². The molecule has 5 nitrogen and oxygen atoms in total. The van der Waals surface area contributed by atoms with Gasteiger partial charge in [0.1, 0.15) is 12.4 Å². The van der Waals surface area contributed by atoms with E-state index in [4.69, 9.17) is 38.0 Å². The topological polar surface area (TPSA) is 48.0 Å². The number of carbonyl (C=O) groups excluding carboxylic acids is 1. The highest BCUT2D eigenvalue weighted by Crippen LogP contribution is 2.41. The quantitative estimate of drug-likeness (QED) is 0.161. The molecule has 0 atom stereocenters. The van der Waals surface area contributed by atoms with E-state index in [2.05, 4.69) is 22.6 Å². The summed E-state index contributed by atoms with van der Waals surface area (Å²) in [5.74, 6) is 1.60. The first kappa shape index (κ1) is 24.8. The van der Waals surface area contributed by atoms with Crippen LogP contribution in [0.15, 0.2) is 65.6 Å². The molecule has 1 fully saturated rings. The minimum Gasteiger partial charge on any atom is -0.495 e. The van der Waals surface area contributed by atoms with E-state index in [0.29, 0.717) is 43.8 Å². The van der Waals surface area contributed by atoms with Gasteiger partial charge in [0.05, 0.1) is 28.4 Å². The summed E-state index contributed by atoms with van der Waals surface area (Å²) in [6.07, 6.45) is 1.81. The number of anilines is 1. The number of halogens is 2. The maximum Gasteiger partial charge on any atom is 0.270 e. The fourth-order valence-electron chi connectivity index (χ4n) is 3.34. The van der Waals surface area contributed by atoms with Crippen molar-refractivity contribution in [3.63, 3.8) is 0 Å². The molecule has 3 aromatic rings. The van der Waals surface area contributed by atoms with Crippen LogP contribution in [0.1, 0.15) is 11.1 Å². The molecule has 1 aliphatic heterocycles. The fraction of sp³-hybridized carbons (Fsp3) is 0.120. The number of carbonyl (C=O) groups is 1. The molecule has 3 aromatic carbocycles. The van der Waals surface area contributed by atoms with E-state index in [1.807, 2.05) is 60.7 Å². The molecule has 0 spiro atoms. The Morgan fingerprint density at radius 1 is 1.06 bits per heavy atom. The fourth-order valence-corrected chi connectivity index (χ4v) is 5.53. The van der Waals surface area contributed by atoms with Crippen LogP contribution in [0, 0.1) is 3.57 Å². The SMILES string of the molecule is COc1ccccc1N1C(=O)/C(=C\c2cc(I)c(OCc3ccc(Cl)cc3)c(OC)c2)SC1=S. The Morgan fingerprint density at radius 3 is 2.47 bits per heavy atom. The lowest BCUT2D eigenvalue weighted by Gasteiger charge is -2.17. The smallest absolute Gasteiger partial charge is 0.270 e. The van der Waals surface area contributed by atoms with Crippen LogP contribution in [-0.2, 0) is 11.4 Å². The van der Waals surface area contributed by atoms with Gasteiger partial charge in [-0.2, -0.15) is 0 Å². The molecule has 1 amide bonds. The molecule has 0 aromatic heterocycles. The van der Waals surface area contributed by atoms with Crippen molar-refractivity contribution in [1.29, 1.82) is 0 Å². The zero-order valence-electron chi connectivity index (χ0n) is 18.2. The second-order valence-corrected chi connectivity index (χ2v) is 10.4. The molecule has 0 bridgehead atoms. The average molecular weight is 624 g/mol. The van der Waals surface area contributed by atoms with Crippen molar-refractivity contribution in [2.24, 2.45) is 0 Å². The molecule has 1 heterocycles. The molecule has 174 valence electrons. The number of methoxy groups -OCH3 is 2. The van der Waals surface area contributed by atoms with Crippen molar-refractivity contribution < 1.29 is 19.0 Å². The standard InChI is InChI=1S/C25H19ClINO4S2/c1-30-20-6-4-3-5-19(20)28-24(29)22(34-25(28)33)13-16-11-18(27)23(21(12-16)31-2)32-14-15-7-9-17(26)10-8-15/h3-13H,14H2,1-2H3/b22-13+. The summed E-state index contributed by atoms with van der Waals surface area (Å²) >= 11 is 14.9. The van der Waals surface area contributed by atoms with Crippen LogP contribution in [0.25, 0.3) is 6.08 Å². The summed E-state index contributed by atoms with van der Waals surface area (Å²) < 4.78 is 18.3. The normalized spacial score (nSPS) is 14.6. The van der Waals surface area contributed by atoms with Crippen molar-refractivity contribution >= 4 is 80.2 Å². The third-order valence-corrected chi connectivity index (χ3v) is 7.32. The first-order chi connectivity index (χ1) is 16.4. The molecule has 0 unspecified atom stereocenters. The number of rotatable bonds is 7. The number of thiocarbonyl (C=S) groups is 1. The van der Waals surface area contributed by atoms with Crippen LogP contribution in [0.4, 0.5) is 5.69 Å². The molecule has 34 heavy (non-hydrogen) atoms. The van der Waals surface area contributed by atoms with Crippen LogP contribution < -0.4 is 19.1 Å².